The number of carboxylic acids is 1. The van der Waals surface area contributed by atoms with Gasteiger partial charge in [0.2, 0.25) is 5.91 Å². The Morgan fingerprint density at radius 2 is 2.10 bits per heavy atom. The lowest BCUT2D eigenvalue weighted by atomic mass is 10.2. The molecule has 2 amide bonds. The first-order valence-corrected chi connectivity index (χ1v) is 6.33. The number of pyridine rings is 1. The summed E-state index contributed by atoms with van der Waals surface area (Å²) >= 11 is 0. The number of hydrogen-bond donors (Lipinski definition) is 3. The second kappa shape index (κ2) is 6.14. The number of carbonyl (C=O) groups is 3. The Kier molecular flexibility index (Phi) is 4.29. The largest absolute Gasteiger partial charge is 0.477 e. The number of carbonyl (C=O) groups excluding carboxylic acids is 2. The fourth-order valence-corrected chi connectivity index (χ4v) is 1.61. The van der Waals surface area contributed by atoms with E-state index in [4.69, 9.17) is 5.11 Å². The van der Waals surface area contributed by atoms with Gasteiger partial charge in [0.15, 0.2) is 0 Å². The smallest absolute Gasteiger partial charge is 0.354 e. The SMILES string of the molecule is O=C(CCNC(=O)c1ccnc(C(=O)O)c1)NC1CC1. The summed E-state index contributed by atoms with van der Waals surface area (Å²) in [7, 11) is 0. The fourth-order valence-electron chi connectivity index (χ4n) is 1.61. The number of hydrogen-bond acceptors (Lipinski definition) is 4. The van der Waals surface area contributed by atoms with Gasteiger partial charge >= 0.3 is 5.97 Å². The monoisotopic (exact) mass is 277 g/mol. The van der Waals surface area contributed by atoms with Crippen molar-refractivity contribution < 1.29 is 19.5 Å². The first-order chi connectivity index (χ1) is 9.56. The molecule has 1 heterocycles. The van der Waals surface area contributed by atoms with Crippen LogP contribution < -0.4 is 10.6 Å². The van der Waals surface area contributed by atoms with Crippen molar-refractivity contribution in [3.8, 4) is 0 Å². The summed E-state index contributed by atoms with van der Waals surface area (Å²) in [5.74, 6) is -1.70. The molecule has 0 bridgehead atoms. The van der Waals surface area contributed by atoms with E-state index >= 15 is 0 Å². The van der Waals surface area contributed by atoms with E-state index in [1.165, 1.54) is 18.3 Å². The third-order valence-electron chi connectivity index (χ3n) is 2.82. The van der Waals surface area contributed by atoms with Crippen molar-refractivity contribution in [1.82, 2.24) is 15.6 Å². The second-order valence-electron chi connectivity index (χ2n) is 4.58. The molecule has 0 radical (unpaired) electrons. The zero-order chi connectivity index (χ0) is 14.5. The van der Waals surface area contributed by atoms with E-state index in [-0.39, 0.29) is 30.1 Å². The van der Waals surface area contributed by atoms with Gasteiger partial charge in [-0.05, 0) is 25.0 Å². The van der Waals surface area contributed by atoms with E-state index in [0.29, 0.717) is 6.04 Å². The predicted molar refractivity (Wildman–Crippen MR) is 69.3 cm³/mol. The maximum absolute atomic E-state index is 11.8. The van der Waals surface area contributed by atoms with E-state index in [0.717, 1.165) is 12.8 Å². The summed E-state index contributed by atoms with van der Waals surface area (Å²) in [6.45, 7) is 0.210. The van der Waals surface area contributed by atoms with Crippen LogP contribution in [0.25, 0.3) is 0 Å². The molecule has 0 aromatic carbocycles. The van der Waals surface area contributed by atoms with E-state index in [2.05, 4.69) is 15.6 Å². The number of carboxylic acid groups (broad SMARTS) is 1. The molecule has 0 saturated heterocycles. The standard InChI is InChI=1S/C13H15N3O4/c17-11(16-9-1-2-9)4-6-15-12(18)8-3-5-14-10(7-8)13(19)20/h3,5,7,9H,1-2,4,6H2,(H,15,18)(H,16,17)(H,19,20). The van der Waals surface area contributed by atoms with Gasteiger partial charge in [-0.1, -0.05) is 0 Å². The summed E-state index contributed by atoms with van der Waals surface area (Å²) in [5, 5.41) is 14.2. The number of nitrogens with one attached hydrogen (secondary N) is 2. The van der Waals surface area contributed by atoms with Crippen LogP contribution in [0.5, 0.6) is 0 Å². The third-order valence-corrected chi connectivity index (χ3v) is 2.82. The highest BCUT2D eigenvalue weighted by atomic mass is 16.4. The van der Waals surface area contributed by atoms with Crippen molar-refractivity contribution in [1.29, 1.82) is 0 Å². The molecule has 1 aromatic heterocycles. The molecule has 1 fully saturated rings. The highest BCUT2D eigenvalue weighted by Gasteiger charge is 2.22. The number of amides is 2. The van der Waals surface area contributed by atoms with Gasteiger partial charge in [-0.15, -0.1) is 0 Å². The Hall–Kier alpha value is -2.44. The molecule has 1 aliphatic carbocycles. The zero-order valence-electron chi connectivity index (χ0n) is 10.8. The number of nitrogens with zero attached hydrogens (tertiary/aromatic N) is 1. The maximum Gasteiger partial charge on any atom is 0.354 e. The van der Waals surface area contributed by atoms with E-state index in [9.17, 15) is 14.4 Å². The van der Waals surface area contributed by atoms with Gasteiger partial charge in [0.25, 0.3) is 5.91 Å². The van der Waals surface area contributed by atoms with Gasteiger partial charge in [-0.25, -0.2) is 9.78 Å². The van der Waals surface area contributed by atoms with E-state index in [1.807, 2.05) is 0 Å². The summed E-state index contributed by atoms with van der Waals surface area (Å²) in [5.41, 5.74) is 0.0177. The summed E-state index contributed by atoms with van der Waals surface area (Å²) in [4.78, 5) is 37.5. The minimum Gasteiger partial charge on any atom is -0.477 e. The Bertz CT molecular complexity index is 540. The van der Waals surface area contributed by atoms with Crippen LogP contribution in [0, 0.1) is 0 Å². The third kappa shape index (κ3) is 4.04. The van der Waals surface area contributed by atoms with Crippen LogP contribution in [0.1, 0.15) is 40.1 Å². The van der Waals surface area contributed by atoms with Gasteiger partial charge in [-0.2, -0.15) is 0 Å². The number of rotatable bonds is 6. The fraction of sp³-hybridized carbons (Fsp3) is 0.385. The lowest BCUT2D eigenvalue weighted by Gasteiger charge is -2.06. The van der Waals surface area contributed by atoms with Crippen LogP contribution in [0.4, 0.5) is 0 Å². The molecule has 1 saturated carbocycles. The second-order valence-corrected chi connectivity index (χ2v) is 4.58. The van der Waals surface area contributed by atoms with Crippen LogP contribution in [0.2, 0.25) is 0 Å². The molecule has 1 aromatic rings. The van der Waals surface area contributed by atoms with Crippen molar-refractivity contribution in [3.05, 3.63) is 29.6 Å². The minimum atomic E-state index is -1.19. The first-order valence-electron chi connectivity index (χ1n) is 6.33. The lowest BCUT2D eigenvalue weighted by molar-refractivity contribution is -0.121. The van der Waals surface area contributed by atoms with Crippen molar-refractivity contribution in [2.75, 3.05) is 6.54 Å². The molecule has 0 unspecified atom stereocenters. The minimum absolute atomic E-state index is 0.0891. The zero-order valence-corrected chi connectivity index (χ0v) is 10.8. The lowest BCUT2D eigenvalue weighted by Crippen LogP contribution is -2.31. The molecular weight excluding hydrogens is 262 g/mol. The first kappa shape index (κ1) is 14.0. The molecule has 0 spiro atoms. The predicted octanol–water partition coefficient (Wildman–Crippen LogP) is 0.178. The van der Waals surface area contributed by atoms with Crippen LogP contribution in [-0.4, -0.2) is 40.5 Å². The maximum atomic E-state index is 11.8. The van der Waals surface area contributed by atoms with Crippen molar-refractivity contribution >= 4 is 17.8 Å². The quantitative estimate of drug-likeness (QED) is 0.687. The summed E-state index contributed by atoms with van der Waals surface area (Å²) in [6.07, 6.45) is 3.51. The number of aromatic nitrogens is 1. The Morgan fingerprint density at radius 3 is 2.75 bits per heavy atom. The van der Waals surface area contributed by atoms with Crippen LogP contribution in [0.15, 0.2) is 18.3 Å². The molecule has 0 atom stereocenters. The van der Waals surface area contributed by atoms with Gasteiger partial charge in [0.1, 0.15) is 5.69 Å². The Labute approximate surface area is 115 Å². The van der Waals surface area contributed by atoms with Gasteiger partial charge in [0, 0.05) is 30.8 Å². The molecule has 20 heavy (non-hydrogen) atoms. The van der Waals surface area contributed by atoms with E-state index < -0.39 is 11.9 Å². The van der Waals surface area contributed by atoms with Gasteiger partial charge in [0.05, 0.1) is 0 Å². The average molecular weight is 277 g/mol. The Morgan fingerprint density at radius 1 is 1.35 bits per heavy atom. The van der Waals surface area contributed by atoms with Crippen LogP contribution >= 0.6 is 0 Å². The molecule has 7 heteroatoms. The highest BCUT2D eigenvalue weighted by Crippen LogP contribution is 2.18. The normalized spacial score (nSPS) is 13.6. The van der Waals surface area contributed by atoms with Gasteiger partial charge < -0.3 is 15.7 Å². The molecule has 0 aliphatic heterocycles. The molecule has 3 N–H and O–H groups in total. The Balaban J connectivity index is 1.80. The topological polar surface area (TPSA) is 108 Å². The average Bonchev–Trinajstić information content (AvgIpc) is 3.22. The van der Waals surface area contributed by atoms with Crippen molar-refractivity contribution in [2.24, 2.45) is 0 Å². The molecular formula is C13H15N3O4. The summed E-state index contributed by atoms with van der Waals surface area (Å²) in [6, 6.07) is 2.92. The highest BCUT2D eigenvalue weighted by molar-refractivity contribution is 5.96. The summed E-state index contributed by atoms with van der Waals surface area (Å²) < 4.78 is 0. The number of aromatic carboxylic acids is 1. The molecule has 2 rings (SSSR count). The van der Waals surface area contributed by atoms with Gasteiger partial charge in [-0.3, -0.25) is 9.59 Å². The van der Waals surface area contributed by atoms with Crippen LogP contribution in [-0.2, 0) is 4.79 Å². The van der Waals surface area contributed by atoms with Crippen molar-refractivity contribution in [2.45, 2.75) is 25.3 Å². The molecule has 1 aliphatic rings. The molecule has 7 nitrogen and oxygen atoms in total. The van der Waals surface area contributed by atoms with Crippen LogP contribution in [0.3, 0.4) is 0 Å². The van der Waals surface area contributed by atoms with E-state index in [1.54, 1.807) is 0 Å². The molecule has 106 valence electrons. The van der Waals surface area contributed by atoms with Crippen molar-refractivity contribution in [3.63, 3.8) is 0 Å².